The van der Waals surface area contributed by atoms with Crippen molar-refractivity contribution in [3.05, 3.63) is 12.3 Å². The van der Waals surface area contributed by atoms with Crippen LogP contribution in [0.3, 0.4) is 0 Å². The average Bonchev–Trinajstić information content (AvgIpc) is 2.10. The van der Waals surface area contributed by atoms with E-state index in [1.54, 1.807) is 0 Å². The van der Waals surface area contributed by atoms with E-state index in [-0.39, 0.29) is 11.7 Å². The van der Waals surface area contributed by atoms with E-state index in [4.69, 9.17) is 5.26 Å². The van der Waals surface area contributed by atoms with Crippen LogP contribution in [0.4, 0.5) is 0 Å². The van der Waals surface area contributed by atoms with Crippen molar-refractivity contribution in [2.24, 2.45) is 5.92 Å². The lowest BCUT2D eigenvalue weighted by Gasteiger charge is -2.31. The Morgan fingerprint density at radius 1 is 1.85 bits per heavy atom. The zero-order valence-corrected chi connectivity index (χ0v) is 7.92. The van der Waals surface area contributed by atoms with Crippen molar-refractivity contribution in [1.82, 2.24) is 4.90 Å². The first-order valence-electron chi connectivity index (χ1n) is 4.47. The van der Waals surface area contributed by atoms with E-state index in [1.165, 1.54) is 0 Å². The molecule has 0 aromatic carbocycles. The molecule has 0 aromatic heterocycles. The van der Waals surface area contributed by atoms with Gasteiger partial charge in [0.05, 0.1) is 19.0 Å². The molecule has 1 atom stereocenters. The van der Waals surface area contributed by atoms with Gasteiger partial charge in [-0.2, -0.15) is 5.26 Å². The zero-order chi connectivity index (χ0) is 9.84. The van der Waals surface area contributed by atoms with Gasteiger partial charge in [0, 0.05) is 18.2 Å². The van der Waals surface area contributed by atoms with E-state index in [1.807, 2.05) is 17.9 Å². The number of carbonyl (C=O) groups excluding carboxylic acids is 1. The molecule has 0 aliphatic carbocycles. The summed E-state index contributed by atoms with van der Waals surface area (Å²) < 4.78 is 0. The van der Waals surface area contributed by atoms with Crippen LogP contribution < -0.4 is 0 Å². The second kappa shape index (κ2) is 4.08. The predicted octanol–water partition coefficient (Wildman–Crippen LogP) is 1.32. The highest BCUT2D eigenvalue weighted by atomic mass is 16.1. The van der Waals surface area contributed by atoms with Crippen LogP contribution in [0.5, 0.6) is 0 Å². The van der Waals surface area contributed by atoms with E-state index in [0.29, 0.717) is 13.0 Å². The van der Waals surface area contributed by atoms with E-state index in [0.717, 1.165) is 18.7 Å². The summed E-state index contributed by atoms with van der Waals surface area (Å²) in [4.78, 5) is 13.3. The number of nitrogens with zero attached hydrogens (tertiary/aromatic N) is 2. The van der Waals surface area contributed by atoms with Gasteiger partial charge in [0.2, 0.25) is 0 Å². The normalized spacial score (nSPS) is 22.6. The monoisotopic (exact) mass is 178 g/mol. The number of ketones is 1. The van der Waals surface area contributed by atoms with Crippen LogP contribution in [-0.4, -0.2) is 23.8 Å². The Hall–Kier alpha value is -1.30. The number of likely N-dealkylation sites (tertiary alicyclic amines) is 1. The summed E-state index contributed by atoms with van der Waals surface area (Å²) in [5.41, 5.74) is 0.766. The van der Waals surface area contributed by atoms with Gasteiger partial charge in [-0.05, 0) is 6.42 Å². The van der Waals surface area contributed by atoms with E-state index < -0.39 is 0 Å². The summed E-state index contributed by atoms with van der Waals surface area (Å²) in [7, 11) is 0. The molecule has 1 heterocycles. The van der Waals surface area contributed by atoms with Gasteiger partial charge >= 0.3 is 0 Å². The maximum atomic E-state index is 11.3. The van der Waals surface area contributed by atoms with Gasteiger partial charge in [-0.3, -0.25) is 4.79 Å². The van der Waals surface area contributed by atoms with Gasteiger partial charge in [0.1, 0.15) is 0 Å². The van der Waals surface area contributed by atoms with Crippen molar-refractivity contribution in [1.29, 1.82) is 5.26 Å². The molecule has 0 saturated carbocycles. The van der Waals surface area contributed by atoms with E-state index in [2.05, 4.69) is 6.58 Å². The van der Waals surface area contributed by atoms with Gasteiger partial charge in [0.25, 0.3) is 0 Å². The van der Waals surface area contributed by atoms with E-state index >= 15 is 0 Å². The molecule has 1 aliphatic rings. The molecule has 0 spiro atoms. The van der Waals surface area contributed by atoms with Crippen molar-refractivity contribution in [2.45, 2.75) is 19.8 Å². The molecule has 1 saturated heterocycles. The van der Waals surface area contributed by atoms with Gasteiger partial charge < -0.3 is 4.90 Å². The smallest absolute Gasteiger partial charge is 0.154 e. The highest BCUT2D eigenvalue weighted by Crippen LogP contribution is 2.17. The molecule has 70 valence electrons. The van der Waals surface area contributed by atoms with Crippen LogP contribution in [0.25, 0.3) is 0 Å². The molecule has 0 bridgehead atoms. The number of hydrogen-bond acceptors (Lipinski definition) is 3. The molecule has 1 unspecified atom stereocenters. The van der Waals surface area contributed by atoms with Gasteiger partial charge in [-0.25, -0.2) is 0 Å². The van der Waals surface area contributed by atoms with Crippen LogP contribution >= 0.6 is 0 Å². The second-order valence-corrected chi connectivity index (χ2v) is 3.48. The molecule has 3 nitrogen and oxygen atoms in total. The number of nitriles is 1. The van der Waals surface area contributed by atoms with Crippen molar-refractivity contribution in [3.8, 4) is 6.07 Å². The first-order chi connectivity index (χ1) is 6.15. The molecular formula is C10H14N2O. The standard InChI is InChI=1S/C10H14N2O/c1-8-4-6-12(7-10(8)13)9(2)3-5-11/h8H,2-4,6-7H2,1H3. The molecule has 0 aromatic rings. The van der Waals surface area contributed by atoms with Crippen molar-refractivity contribution < 1.29 is 4.79 Å². The van der Waals surface area contributed by atoms with Crippen molar-refractivity contribution >= 4 is 5.78 Å². The number of Topliss-reactive ketones (excluding diaryl/α,β-unsaturated/α-hetero) is 1. The minimum Gasteiger partial charge on any atom is -0.367 e. The summed E-state index contributed by atoms with van der Waals surface area (Å²) >= 11 is 0. The van der Waals surface area contributed by atoms with Crippen LogP contribution in [0.2, 0.25) is 0 Å². The third-order valence-electron chi connectivity index (χ3n) is 2.46. The Bertz CT molecular complexity index is 265. The molecule has 1 aliphatic heterocycles. The van der Waals surface area contributed by atoms with Gasteiger partial charge in [-0.15, -0.1) is 0 Å². The summed E-state index contributed by atoms with van der Waals surface area (Å²) in [6.45, 7) is 7.02. The first kappa shape index (κ1) is 9.79. The molecule has 1 rings (SSSR count). The van der Waals surface area contributed by atoms with Crippen molar-refractivity contribution in [3.63, 3.8) is 0 Å². The summed E-state index contributed by atoms with van der Waals surface area (Å²) in [5.74, 6) is 0.427. The highest BCUT2D eigenvalue weighted by molar-refractivity contribution is 5.83. The Morgan fingerprint density at radius 2 is 2.54 bits per heavy atom. The number of hydrogen-bond donors (Lipinski definition) is 0. The Balaban J connectivity index is 2.51. The average molecular weight is 178 g/mol. The third kappa shape index (κ3) is 2.32. The van der Waals surface area contributed by atoms with Gasteiger partial charge in [0.15, 0.2) is 5.78 Å². The molecular weight excluding hydrogens is 164 g/mol. The van der Waals surface area contributed by atoms with Crippen LogP contribution in [-0.2, 0) is 4.79 Å². The fourth-order valence-corrected chi connectivity index (χ4v) is 1.41. The first-order valence-corrected chi connectivity index (χ1v) is 4.47. The topological polar surface area (TPSA) is 44.1 Å². The summed E-state index contributed by atoms with van der Waals surface area (Å²) in [6.07, 6.45) is 1.20. The predicted molar refractivity (Wildman–Crippen MR) is 49.7 cm³/mol. The Kier molecular flexibility index (Phi) is 3.07. The fraction of sp³-hybridized carbons (Fsp3) is 0.600. The van der Waals surface area contributed by atoms with Crippen LogP contribution in [0, 0.1) is 17.2 Å². The quantitative estimate of drug-likeness (QED) is 0.640. The fourth-order valence-electron chi connectivity index (χ4n) is 1.41. The Labute approximate surface area is 78.6 Å². The minimum atomic E-state index is 0.172. The molecule has 3 heteroatoms. The highest BCUT2D eigenvalue weighted by Gasteiger charge is 2.23. The molecule has 0 N–H and O–H groups in total. The lowest BCUT2D eigenvalue weighted by molar-refractivity contribution is -0.125. The molecule has 13 heavy (non-hydrogen) atoms. The summed E-state index contributed by atoms with van der Waals surface area (Å²) in [6, 6.07) is 2.04. The SMILES string of the molecule is C=C(CC#N)N1CCC(C)C(=O)C1. The molecule has 0 radical (unpaired) electrons. The van der Waals surface area contributed by atoms with Crippen molar-refractivity contribution in [2.75, 3.05) is 13.1 Å². The lowest BCUT2D eigenvalue weighted by Crippen LogP contribution is -2.38. The largest absolute Gasteiger partial charge is 0.367 e. The van der Waals surface area contributed by atoms with E-state index in [9.17, 15) is 4.79 Å². The zero-order valence-electron chi connectivity index (χ0n) is 7.92. The Morgan fingerprint density at radius 3 is 3.08 bits per heavy atom. The number of rotatable bonds is 2. The van der Waals surface area contributed by atoms with Crippen LogP contribution in [0.15, 0.2) is 12.3 Å². The number of carbonyl (C=O) groups is 1. The second-order valence-electron chi connectivity index (χ2n) is 3.48. The number of allylic oxidation sites excluding steroid dienone is 1. The lowest BCUT2D eigenvalue weighted by atomic mass is 9.97. The maximum Gasteiger partial charge on any atom is 0.154 e. The molecule has 1 fully saturated rings. The maximum absolute atomic E-state index is 11.3. The minimum absolute atomic E-state index is 0.172. The molecule has 0 amide bonds. The van der Waals surface area contributed by atoms with Gasteiger partial charge in [-0.1, -0.05) is 13.5 Å². The number of piperidine rings is 1. The van der Waals surface area contributed by atoms with Crippen LogP contribution in [0.1, 0.15) is 19.8 Å². The summed E-state index contributed by atoms with van der Waals surface area (Å²) in [5, 5.41) is 8.46. The third-order valence-corrected chi connectivity index (χ3v) is 2.46.